The van der Waals surface area contributed by atoms with Crippen molar-refractivity contribution in [2.75, 3.05) is 31.2 Å². The highest BCUT2D eigenvalue weighted by Crippen LogP contribution is 2.34. The molecule has 1 aliphatic heterocycles. The summed E-state index contributed by atoms with van der Waals surface area (Å²) in [5.74, 6) is 0. The van der Waals surface area contributed by atoms with Crippen LogP contribution in [0.4, 0.5) is 5.69 Å². The molecule has 0 aromatic heterocycles. The van der Waals surface area contributed by atoms with Crippen molar-refractivity contribution in [3.63, 3.8) is 0 Å². The molecule has 0 bridgehead atoms. The highest BCUT2D eigenvalue weighted by molar-refractivity contribution is 5.50. The number of nitrogens with zero attached hydrogens (tertiary/aromatic N) is 1. The predicted molar refractivity (Wildman–Crippen MR) is 82.0 cm³/mol. The summed E-state index contributed by atoms with van der Waals surface area (Å²) in [5, 5.41) is 0. The van der Waals surface area contributed by atoms with E-state index in [4.69, 9.17) is 4.74 Å². The summed E-state index contributed by atoms with van der Waals surface area (Å²) in [4.78, 5) is 2.44. The van der Waals surface area contributed by atoms with Crippen molar-refractivity contribution >= 4 is 5.69 Å². The van der Waals surface area contributed by atoms with Gasteiger partial charge in [0.25, 0.3) is 0 Å². The van der Waals surface area contributed by atoms with Crippen LogP contribution in [0.5, 0.6) is 0 Å². The lowest BCUT2D eigenvalue weighted by molar-refractivity contribution is 0.122. The molecule has 0 saturated carbocycles. The van der Waals surface area contributed by atoms with E-state index in [0.717, 1.165) is 26.3 Å². The van der Waals surface area contributed by atoms with Crippen molar-refractivity contribution in [1.82, 2.24) is 0 Å². The first-order valence-electron chi connectivity index (χ1n) is 7.63. The molecule has 0 radical (unpaired) electrons. The predicted octanol–water partition coefficient (Wildman–Crippen LogP) is 3.99. The van der Waals surface area contributed by atoms with E-state index in [1.807, 2.05) is 0 Å². The highest BCUT2D eigenvalue weighted by atomic mass is 16.5. The minimum atomic E-state index is 0.317. The summed E-state index contributed by atoms with van der Waals surface area (Å²) in [6.07, 6.45) is 3.70. The second-order valence-electron chi connectivity index (χ2n) is 5.81. The van der Waals surface area contributed by atoms with Crippen LogP contribution in [0, 0.1) is 0 Å². The molecule has 1 unspecified atom stereocenters. The second-order valence-corrected chi connectivity index (χ2v) is 5.81. The largest absolute Gasteiger partial charge is 0.378 e. The maximum Gasteiger partial charge on any atom is 0.0642 e. The average molecular weight is 261 g/mol. The Labute approximate surface area is 117 Å². The Kier molecular flexibility index (Phi) is 4.87. The van der Waals surface area contributed by atoms with Gasteiger partial charge in [-0.3, -0.25) is 0 Å². The van der Waals surface area contributed by atoms with Crippen molar-refractivity contribution in [1.29, 1.82) is 0 Å². The fraction of sp³-hybridized carbons (Fsp3) is 0.647. The van der Waals surface area contributed by atoms with Crippen LogP contribution in [0.3, 0.4) is 0 Å². The Bertz CT molecular complexity index is 398. The lowest BCUT2D eigenvalue weighted by Crippen LogP contribution is -2.36. The summed E-state index contributed by atoms with van der Waals surface area (Å²) in [6.45, 7) is 10.7. The first-order valence-corrected chi connectivity index (χ1v) is 7.63. The van der Waals surface area contributed by atoms with E-state index >= 15 is 0 Å². The van der Waals surface area contributed by atoms with Crippen molar-refractivity contribution in [2.24, 2.45) is 0 Å². The SMILES string of the molecule is CCCC(C)(CC)c1cccc(N2CCOCC2)c1. The third-order valence-corrected chi connectivity index (χ3v) is 4.50. The van der Waals surface area contributed by atoms with Gasteiger partial charge in [-0.1, -0.05) is 39.3 Å². The van der Waals surface area contributed by atoms with Crippen molar-refractivity contribution < 1.29 is 4.74 Å². The van der Waals surface area contributed by atoms with Crippen molar-refractivity contribution in [2.45, 2.75) is 45.4 Å². The molecule has 1 heterocycles. The average Bonchev–Trinajstić information content (AvgIpc) is 2.48. The minimum Gasteiger partial charge on any atom is -0.378 e. The smallest absolute Gasteiger partial charge is 0.0642 e. The summed E-state index contributed by atoms with van der Waals surface area (Å²) < 4.78 is 5.44. The van der Waals surface area contributed by atoms with Gasteiger partial charge < -0.3 is 9.64 Å². The number of ether oxygens (including phenoxy) is 1. The first kappa shape index (κ1) is 14.4. The number of benzene rings is 1. The minimum absolute atomic E-state index is 0.317. The molecule has 1 aromatic rings. The van der Waals surface area contributed by atoms with Gasteiger partial charge in [-0.05, 0) is 36.0 Å². The number of rotatable bonds is 5. The molecule has 19 heavy (non-hydrogen) atoms. The van der Waals surface area contributed by atoms with Crippen LogP contribution in [0.15, 0.2) is 24.3 Å². The van der Waals surface area contributed by atoms with Gasteiger partial charge in [0.2, 0.25) is 0 Å². The fourth-order valence-electron chi connectivity index (χ4n) is 2.98. The van der Waals surface area contributed by atoms with Crippen LogP contribution in [0.1, 0.15) is 45.6 Å². The van der Waals surface area contributed by atoms with Crippen LogP contribution in [-0.2, 0) is 10.2 Å². The maximum atomic E-state index is 5.44. The molecule has 2 nitrogen and oxygen atoms in total. The van der Waals surface area contributed by atoms with E-state index in [9.17, 15) is 0 Å². The third-order valence-electron chi connectivity index (χ3n) is 4.50. The van der Waals surface area contributed by atoms with Crippen LogP contribution in [0.25, 0.3) is 0 Å². The molecule has 0 spiro atoms. The molecular formula is C17H27NO. The van der Waals surface area contributed by atoms with Crippen LogP contribution in [-0.4, -0.2) is 26.3 Å². The van der Waals surface area contributed by atoms with E-state index in [1.165, 1.54) is 30.5 Å². The Hall–Kier alpha value is -1.02. The molecule has 1 atom stereocenters. The van der Waals surface area contributed by atoms with Gasteiger partial charge in [-0.15, -0.1) is 0 Å². The molecule has 106 valence electrons. The molecule has 1 aromatic carbocycles. The maximum absolute atomic E-state index is 5.44. The quantitative estimate of drug-likeness (QED) is 0.794. The molecule has 1 aliphatic rings. The van der Waals surface area contributed by atoms with Gasteiger partial charge in [0.15, 0.2) is 0 Å². The standard InChI is InChI=1S/C17H27NO/c1-4-9-17(3,5-2)15-7-6-8-16(14-15)18-10-12-19-13-11-18/h6-8,14H,4-5,9-13H2,1-3H3. The van der Waals surface area contributed by atoms with E-state index in [0.29, 0.717) is 5.41 Å². The van der Waals surface area contributed by atoms with Crippen molar-refractivity contribution in [3.05, 3.63) is 29.8 Å². The van der Waals surface area contributed by atoms with Crippen molar-refractivity contribution in [3.8, 4) is 0 Å². The molecule has 0 N–H and O–H groups in total. The zero-order valence-electron chi connectivity index (χ0n) is 12.6. The van der Waals surface area contributed by atoms with E-state index in [1.54, 1.807) is 0 Å². The second kappa shape index (κ2) is 6.42. The lowest BCUT2D eigenvalue weighted by atomic mass is 9.76. The highest BCUT2D eigenvalue weighted by Gasteiger charge is 2.24. The van der Waals surface area contributed by atoms with Gasteiger partial charge in [0, 0.05) is 18.8 Å². The number of morpholine rings is 1. The van der Waals surface area contributed by atoms with Crippen LogP contribution < -0.4 is 4.90 Å². The molecule has 2 heteroatoms. The zero-order chi connectivity index (χ0) is 13.7. The van der Waals surface area contributed by atoms with Gasteiger partial charge in [0.05, 0.1) is 13.2 Å². The summed E-state index contributed by atoms with van der Waals surface area (Å²) in [5.41, 5.74) is 3.16. The Morgan fingerprint density at radius 3 is 2.58 bits per heavy atom. The van der Waals surface area contributed by atoms with Gasteiger partial charge in [0.1, 0.15) is 0 Å². The third kappa shape index (κ3) is 3.30. The number of hydrogen-bond acceptors (Lipinski definition) is 2. The zero-order valence-corrected chi connectivity index (χ0v) is 12.6. The molecule has 1 fully saturated rings. The van der Waals surface area contributed by atoms with E-state index in [-0.39, 0.29) is 0 Å². The molecule has 0 aliphatic carbocycles. The molecular weight excluding hydrogens is 234 g/mol. The molecule has 2 rings (SSSR count). The normalized spacial score (nSPS) is 19.2. The Morgan fingerprint density at radius 2 is 1.95 bits per heavy atom. The molecule has 0 amide bonds. The Balaban J connectivity index is 2.22. The van der Waals surface area contributed by atoms with E-state index < -0.39 is 0 Å². The Morgan fingerprint density at radius 1 is 1.21 bits per heavy atom. The molecule has 1 saturated heterocycles. The van der Waals surface area contributed by atoms with E-state index in [2.05, 4.69) is 49.9 Å². The fourth-order valence-corrected chi connectivity index (χ4v) is 2.98. The number of hydrogen-bond donors (Lipinski definition) is 0. The summed E-state index contributed by atoms with van der Waals surface area (Å²) in [6, 6.07) is 9.13. The van der Waals surface area contributed by atoms with Gasteiger partial charge >= 0.3 is 0 Å². The monoisotopic (exact) mass is 261 g/mol. The van der Waals surface area contributed by atoms with Crippen LogP contribution >= 0.6 is 0 Å². The lowest BCUT2D eigenvalue weighted by Gasteiger charge is -2.32. The van der Waals surface area contributed by atoms with Gasteiger partial charge in [-0.25, -0.2) is 0 Å². The van der Waals surface area contributed by atoms with Gasteiger partial charge in [-0.2, -0.15) is 0 Å². The first-order chi connectivity index (χ1) is 9.19. The topological polar surface area (TPSA) is 12.5 Å². The number of anilines is 1. The summed E-state index contributed by atoms with van der Waals surface area (Å²) >= 11 is 0. The van der Waals surface area contributed by atoms with Crippen LogP contribution in [0.2, 0.25) is 0 Å². The summed E-state index contributed by atoms with van der Waals surface area (Å²) in [7, 11) is 0.